The number of rotatable bonds is 11. The molecule has 64 heavy (non-hydrogen) atoms. The normalized spacial score (nSPS) is 35.6. The smallest absolute Gasteiger partial charge is 0.465 e. The topological polar surface area (TPSA) is 143 Å². The van der Waals surface area contributed by atoms with Crippen molar-refractivity contribution in [2.24, 2.45) is 50.2 Å². The maximum atomic E-state index is 15.4. The summed E-state index contributed by atoms with van der Waals surface area (Å²) in [5, 5.41) is 0. The van der Waals surface area contributed by atoms with Gasteiger partial charge < -0.3 is 23.0 Å². The van der Waals surface area contributed by atoms with Crippen molar-refractivity contribution in [3.8, 4) is 0 Å². The van der Waals surface area contributed by atoms with Gasteiger partial charge in [0.25, 0.3) is 0 Å². The minimum absolute atomic E-state index is 0.00342. The summed E-state index contributed by atoms with van der Waals surface area (Å²) in [5.74, 6) is -2.09. The Morgan fingerprint density at radius 3 is 2.05 bits per heavy atom. The van der Waals surface area contributed by atoms with Crippen LogP contribution in [0.15, 0.2) is 85.9 Å². The quantitative estimate of drug-likeness (QED) is 0.134. The number of esters is 3. The van der Waals surface area contributed by atoms with Crippen LogP contribution < -0.4 is 5.82 Å². The van der Waals surface area contributed by atoms with Crippen molar-refractivity contribution in [3.05, 3.63) is 106 Å². The van der Waals surface area contributed by atoms with E-state index in [0.717, 1.165) is 30.4 Å². The molecule has 10 atom stereocenters. The van der Waals surface area contributed by atoms with Crippen molar-refractivity contribution in [2.75, 3.05) is 20.2 Å². The largest absolute Gasteiger partial charge is 0.519 e. The summed E-state index contributed by atoms with van der Waals surface area (Å²) in [7, 11) is 1.85. The molecule has 0 spiro atoms. The first-order valence-electron chi connectivity index (χ1n) is 23.4. The molecule has 344 valence electrons. The lowest BCUT2D eigenvalue weighted by Crippen LogP contribution is -2.69. The van der Waals surface area contributed by atoms with Crippen molar-refractivity contribution >= 4 is 23.7 Å². The van der Waals surface area contributed by atoms with Crippen LogP contribution in [0.5, 0.6) is 0 Å². The van der Waals surface area contributed by atoms with Crippen LogP contribution in [-0.4, -0.2) is 54.8 Å². The van der Waals surface area contributed by atoms with E-state index < -0.39 is 45.6 Å². The highest BCUT2D eigenvalue weighted by atomic mass is 16.6. The van der Waals surface area contributed by atoms with Gasteiger partial charge in [-0.05, 0) is 143 Å². The highest BCUT2D eigenvalue weighted by molar-refractivity contribution is 5.96. The van der Waals surface area contributed by atoms with E-state index in [1.165, 1.54) is 5.57 Å². The Morgan fingerprint density at radius 1 is 0.797 bits per heavy atom. The molecule has 11 heteroatoms. The number of hydrogen-bond acceptors (Lipinski definition) is 11. The molecule has 4 fully saturated rings. The molecule has 0 aliphatic heterocycles. The van der Waals surface area contributed by atoms with E-state index in [9.17, 15) is 19.2 Å². The Kier molecular flexibility index (Phi) is 11.9. The lowest BCUT2D eigenvalue weighted by molar-refractivity contribution is -0.212. The van der Waals surface area contributed by atoms with Gasteiger partial charge >= 0.3 is 23.7 Å². The molecule has 1 aromatic heterocycles. The fourth-order valence-corrected chi connectivity index (χ4v) is 14.1. The zero-order chi connectivity index (χ0) is 46.0. The SMILES string of the molecule is CCOC(=O)CN(C)[C@H]1CC[C@@]2(C)[C@@H](CC[C@]3(C)[C@@H]2C(=O)C=C2[C@@H]4C[C@@](C)(C(=O)OC(c5ccccc5)c5ccccc5)CC[C@]4(C)CC[C@]23C)[C@]1(C)C(=O)OCc1oc(=O)oc1C. The second kappa shape index (κ2) is 16.6. The van der Waals surface area contributed by atoms with Gasteiger partial charge in [-0.15, -0.1) is 0 Å². The molecular formula is C53H67NO10. The van der Waals surface area contributed by atoms with Crippen LogP contribution in [0.1, 0.15) is 135 Å². The number of hydrogen-bond donors (Lipinski definition) is 0. The molecule has 5 aliphatic carbocycles. The van der Waals surface area contributed by atoms with Gasteiger partial charge in [0.05, 0.1) is 24.0 Å². The first-order valence-corrected chi connectivity index (χ1v) is 23.4. The van der Waals surface area contributed by atoms with E-state index in [1.807, 2.05) is 85.6 Å². The summed E-state index contributed by atoms with van der Waals surface area (Å²) < 4.78 is 28.2. The Bertz CT molecular complexity index is 2330. The van der Waals surface area contributed by atoms with E-state index >= 15 is 4.79 Å². The van der Waals surface area contributed by atoms with Crippen LogP contribution in [0.25, 0.3) is 0 Å². The van der Waals surface area contributed by atoms with Gasteiger partial charge in [-0.3, -0.25) is 24.1 Å². The first kappa shape index (κ1) is 45.8. The van der Waals surface area contributed by atoms with Crippen molar-refractivity contribution in [2.45, 2.75) is 132 Å². The van der Waals surface area contributed by atoms with Gasteiger partial charge in [0.2, 0.25) is 0 Å². The Morgan fingerprint density at radius 2 is 1.44 bits per heavy atom. The van der Waals surface area contributed by atoms with Crippen molar-refractivity contribution in [1.29, 1.82) is 0 Å². The maximum Gasteiger partial charge on any atom is 0.519 e. The average Bonchev–Trinajstić information content (AvgIpc) is 3.59. The van der Waals surface area contributed by atoms with E-state index in [4.69, 9.17) is 23.0 Å². The maximum absolute atomic E-state index is 15.4. The Balaban J connectivity index is 1.12. The third-order valence-electron chi connectivity index (χ3n) is 18.0. The molecule has 4 saturated carbocycles. The van der Waals surface area contributed by atoms with Crippen LogP contribution in [0.2, 0.25) is 0 Å². The highest BCUT2D eigenvalue weighted by Gasteiger charge is 2.72. The van der Waals surface area contributed by atoms with E-state index in [-0.39, 0.29) is 77.6 Å². The second-order valence-electron chi connectivity index (χ2n) is 21.4. The zero-order valence-corrected chi connectivity index (χ0v) is 39.3. The number of ether oxygens (including phenoxy) is 3. The molecule has 0 bridgehead atoms. The summed E-state index contributed by atoms with van der Waals surface area (Å²) in [6.45, 7) is 16.6. The molecule has 8 rings (SSSR count). The molecule has 2 aromatic carbocycles. The average molecular weight is 878 g/mol. The van der Waals surface area contributed by atoms with Crippen LogP contribution in [-0.2, 0) is 40.0 Å². The predicted octanol–water partition coefficient (Wildman–Crippen LogP) is 9.74. The Hall–Kier alpha value is -4.77. The third-order valence-corrected chi connectivity index (χ3v) is 18.0. The molecule has 11 nitrogen and oxygen atoms in total. The summed E-state index contributed by atoms with van der Waals surface area (Å²) in [5.41, 5.74) is -0.343. The number of allylic oxidation sites excluding steroid dienone is 2. The monoisotopic (exact) mass is 877 g/mol. The minimum Gasteiger partial charge on any atom is -0.465 e. The van der Waals surface area contributed by atoms with E-state index in [0.29, 0.717) is 38.5 Å². The molecule has 0 amide bonds. The highest BCUT2D eigenvalue weighted by Crippen LogP contribution is 2.75. The molecule has 0 saturated heterocycles. The van der Waals surface area contributed by atoms with Crippen LogP contribution in [0, 0.1) is 57.2 Å². The van der Waals surface area contributed by atoms with Crippen molar-refractivity contribution < 1.29 is 42.2 Å². The predicted molar refractivity (Wildman–Crippen MR) is 239 cm³/mol. The molecule has 5 aliphatic rings. The van der Waals surface area contributed by atoms with Crippen molar-refractivity contribution in [3.63, 3.8) is 0 Å². The molecule has 1 heterocycles. The van der Waals surface area contributed by atoms with Crippen LogP contribution >= 0.6 is 0 Å². The molecule has 0 unspecified atom stereocenters. The third kappa shape index (κ3) is 7.32. The van der Waals surface area contributed by atoms with Gasteiger partial charge in [0.1, 0.15) is 0 Å². The van der Waals surface area contributed by atoms with Crippen LogP contribution in [0.3, 0.4) is 0 Å². The van der Waals surface area contributed by atoms with Gasteiger partial charge in [0.15, 0.2) is 30.0 Å². The number of aryl methyl sites for hydroxylation is 1. The van der Waals surface area contributed by atoms with E-state index in [2.05, 4.69) is 34.6 Å². The number of likely N-dealkylation sites (N-methyl/N-ethyl adjacent to an activating group) is 1. The number of benzene rings is 2. The number of fused-ring (bicyclic) bond motifs is 7. The lowest BCUT2D eigenvalue weighted by atomic mass is 9.33. The number of ketones is 1. The van der Waals surface area contributed by atoms with Crippen LogP contribution in [0.4, 0.5) is 0 Å². The Labute approximate surface area is 377 Å². The molecular weight excluding hydrogens is 811 g/mol. The standard InChI is InChI=1S/C53H67NO10/c1-10-60-42(56)31-54(9)41-22-23-50(5)40(53(41,8)46(58)61-32-39-33(2)62-47(59)63-39)21-24-52(7)44(50)38(55)29-36-37-30-49(4,26-25-48(37,3)27-28-51(36,52)6)45(57)64-43(34-17-13-11-14-18-34)35-19-15-12-16-20-35/h11-20,29,37,40-41,43-44H,10,21-28,30-32H2,1-9H3/t37-,40+,41-,44+,48+,49-,50-,51+,52+,53-/m0/s1. The fraction of sp³-hybridized carbons (Fsp3) is 0.604. The number of carbonyl (C=O) groups excluding carboxylic acids is 4. The molecule has 0 N–H and O–H groups in total. The van der Waals surface area contributed by atoms with Gasteiger partial charge in [-0.25, -0.2) is 4.79 Å². The fourth-order valence-electron chi connectivity index (χ4n) is 14.1. The zero-order valence-electron chi connectivity index (χ0n) is 39.3. The summed E-state index contributed by atoms with van der Waals surface area (Å²) in [6.07, 6.45) is 8.12. The summed E-state index contributed by atoms with van der Waals surface area (Å²) >= 11 is 0. The molecule has 3 aromatic rings. The second-order valence-corrected chi connectivity index (χ2v) is 21.4. The first-order chi connectivity index (χ1) is 30.2. The minimum atomic E-state index is -1.15. The lowest BCUT2D eigenvalue weighted by Gasteiger charge is -2.70. The van der Waals surface area contributed by atoms with Crippen molar-refractivity contribution in [1.82, 2.24) is 4.90 Å². The van der Waals surface area contributed by atoms with Gasteiger partial charge in [-0.1, -0.05) is 93.9 Å². The van der Waals surface area contributed by atoms with E-state index in [1.54, 1.807) is 13.8 Å². The number of nitrogens with zero attached hydrogens (tertiary/aromatic N) is 1. The number of carbonyl (C=O) groups is 4. The van der Waals surface area contributed by atoms with Gasteiger partial charge in [-0.2, -0.15) is 0 Å². The summed E-state index contributed by atoms with van der Waals surface area (Å²) in [6, 6.07) is 19.4. The summed E-state index contributed by atoms with van der Waals surface area (Å²) in [4.78, 5) is 71.6. The molecule has 0 radical (unpaired) electrons. The van der Waals surface area contributed by atoms with Gasteiger partial charge in [0, 0.05) is 12.0 Å².